The molecule has 8 nitrogen and oxygen atoms in total. The van der Waals surface area contributed by atoms with Crippen LogP contribution in [0.15, 0.2) is 10.6 Å². The molecule has 2 heterocycles. The number of nitrogens with one attached hydrogen (secondary N) is 1. The van der Waals surface area contributed by atoms with Gasteiger partial charge in [0.1, 0.15) is 11.5 Å². The molecule has 1 aromatic heterocycles. The van der Waals surface area contributed by atoms with Crippen LogP contribution in [0.4, 0.5) is 4.79 Å². The second-order valence-corrected chi connectivity index (χ2v) is 4.61. The van der Waals surface area contributed by atoms with Crippen molar-refractivity contribution in [1.82, 2.24) is 15.4 Å². The number of aryl methyl sites for hydroxylation is 1. The first-order valence-electron chi connectivity index (χ1n) is 6.32. The summed E-state index contributed by atoms with van der Waals surface area (Å²) in [5.74, 6) is -0.283. The monoisotopic (exact) mass is 283 g/mol. The third kappa shape index (κ3) is 3.70. The van der Waals surface area contributed by atoms with Gasteiger partial charge in [0.2, 0.25) is 0 Å². The molecule has 20 heavy (non-hydrogen) atoms. The van der Waals surface area contributed by atoms with Crippen LogP contribution in [0.2, 0.25) is 0 Å². The van der Waals surface area contributed by atoms with Crippen molar-refractivity contribution in [2.75, 3.05) is 19.8 Å². The van der Waals surface area contributed by atoms with Gasteiger partial charge in [-0.05, 0) is 6.92 Å². The van der Waals surface area contributed by atoms with E-state index < -0.39 is 12.0 Å². The van der Waals surface area contributed by atoms with E-state index in [1.165, 1.54) is 4.90 Å². The third-order valence-corrected chi connectivity index (χ3v) is 3.00. The van der Waals surface area contributed by atoms with Crippen molar-refractivity contribution in [3.63, 3.8) is 0 Å². The molecule has 0 bridgehead atoms. The van der Waals surface area contributed by atoms with Gasteiger partial charge in [-0.3, -0.25) is 4.79 Å². The Hall–Kier alpha value is -2.09. The van der Waals surface area contributed by atoms with Crippen molar-refractivity contribution in [3.8, 4) is 0 Å². The SMILES string of the molecule is Cc1cc(CNC(=O)N2CCOCC2CC(=O)O)no1. The van der Waals surface area contributed by atoms with Crippen LogP contribution >= 0.6 is 0 Å². The number of aliphatic carboxylic acids is 1. The fourth-order valence-corrected chi connectivity index (χ4v) is 2.06. The fourth-order valence-electron chi connectivity index (χ4n) is 2.06. The van der Waals surface area contributed by atoms with Crippen molar-refractivity contribution in [3.05, 3.63) is 17.5 Å². The van der Waals surface area contributed by atoms with E-state index in [0.717, 1.165) is 0 Å². The second kappa shape index (κ2) is 6.38. The Balaban J connectivity index is 1.90. The van der Waals surface area contributed by atoms with Crippen LogP contribution in [0.5, 0.6) is 0 Å². The largest absolute Gasteiger partial charge is 0.481 e. The summed E-state index contributed by atoms with van der Waals surface area (Å²) in [4.78, 5) is 24.4. The molecule has 2 amide bonds. The Morgan fingerprint density at radius 3 is 3.05 bits per heavy atom. The number of urea groups is 1. The first-order valence-corrected chi connectivity index (χ1v) is 6.32. The number of morpholine rings is 1. The average molecular weight is 283 g/mol. The normalized spacial score (nSPS) is 18.9. The molecule has 0 aliphatic carbocycles. The minimum atomic E-state index is -0.953. The van der Waals surface area contributed by atoms with Gasteiger partial charge in [-0.2, -0.15) is 0 Å². The van der Waals surface area contributed by atoms with Crippen molar-refractivity contribution in [2.45, 2.75) is 25.9 Å². The maximum Gasteiger partial charge on any atom is 0.318 e. The Kier molecular flexibility index (Phi) is 4.57. The summed E-state index contributed by atoms with van der Waals surface area (Å²) < 4.78 is 10.1. The first kappa shape index (κ1) is 14.3. The predicted molar refractivity (Wildman–Crippen MR) is 67.0 cm³/mol. The van der Waals surface area contributed by atoms with E-state index in [-0.39, 0.29) is 25.6 Å². The van der Waals surface area contributed by atoms with Gasteiger partial charge in [0.15, 0.2) is 0 Å². The molecule has 1 aliphatic heterocycles. The van der Waals surface area contributed by atoms with Gasteiger partial charge >= 0.3 is 12.0 Å². The molecule has 2 rings (SSSR count). The minimum Gasteiger partial charge on any atom is -0.481 e. The lowest BCUT2D eigenvalue weighted by Crippen LogP contribution is -2.53. The Bertz CT molecular complexity index is 487. The van der Waals surface area contributed by atoms with Crippen molar-refractivity contribution in [2.24, 2.45) is 0 Å². The number of carbonyl (C=O) groups is 2. The molecule has 0 spiro atoms. The number of carboxylic acid groups (broad SMARTS) is 1. The smallest absolute Gasteiger partial charge is 0.318 e. The van der Waals surface area contributed by atoms with Crippen LogP contribution in [0.25, 0.3) is 0 Å². The molecule has 8 heteroatoms. The summed E-state index contributed by atoms with van der Waals surface area (Å²) in [5, 5.41) is 15.3. The highest BCUT2D eigenvalue weighted by molar-refractivity contribution is 5.76. The lowest BCUT2D eigenvalue weighted by atomic mass is 10.1. The van der Waals surface area contributed by atoms with E-state index in [1.54, 1.807) is 13.0 Å². The van der Waals surface area contributed by atoms with Gasteiger partial charge in [-0.15, -0.1) is 0 Å². The van der Waals surface area contributed by atoms with Gasteiger partial charge in [0, 0.05) is 12.6 Å². The van der Waals surface area contributed by atoms with E-state index in [0.29, 0.717) is 24.6 Å². The lowest BCUT2D eigenvalue weighted by Gasteiger charge is -2.34. The summed E-state index contributed by atoms with van der Waals surface area (Å²) in [7, 11) is 0. The van der Waals surface area contributed by atoms with Gasteiger partial charge in [0.25, 0.3) is 0 Å². The topological polar surface area (TPSA) is 105 Å². The number of hydrogen-bond acceptors (Lipinski definition) is 5. The van der Waals surface area contributed by atoms with Crippen LogP contribution in [-0.2, 0) is 16.1 Å². The van der Waals surface area contributed by atoms with Gasteiger partial charge in [0.05, 0.1) is 32.2 Å². The minimum absolute atomic E-state index is 0.128. The zero-order valence-corrected chi connectivity index (χ0v) is 11.2. The summed E-state index contributed by atoms with van der Waals surface area (Å²) in [6, 6.07) is 0.967. The standard InChI is InChI=1S/C12H17N3O5/c1-8-4-9(14-20-8)6-13-12(18)15-2-3-19-7-10(15)5-11(16)17/h4,10H,2-3,5-7H2,1H3,(H,13,18)(H,16,17). The molecule has 1 fully saturated rings. The van der Waals surface area contributed by atoms with Crippen LogP contribution in [0.1, 0.15) is 17.9 Å². The van der Waals surface area contributed by atoms with Crippen molar-refractivity contribution < 1.29 is 24.0 Å². The lowest BCUT2D eigenvalue weighted by molar-refractivity contribution is -0.139. The number of hydrogen-bond donors (Lipinski definition) is 2. The molecule has 0 aromatic carbocycles. The molecule has 1 aromatic rings. The average Bonchev–Trinajstić information content (AvgIpc) is 2.82. The Morgan fingerprint density at radius 1 is 1.60 bits per heavy atom. The molecule has 1 unspecified atom stereocenters. The number of amides is 2. The zero-order valence-electron chi connectivity index (χ0n) is 11.2. The molecular formula is C12H17N3O5. The highest BCUT2D eigenvalue weighted by atomic mass is 16.5. The first-order chi connectivity index (χ1) is 9.56. The van der Waals surface area contributed by atoms with Crippen molar-refractivity contribution >= 4 is 12.0 Å². The van der Waals surface area contributed by atoms with E-state index in [1.807, 2.05) is 0 Å². The maximum absolute atomic E-state index is 12.1. The molecule has 2 N–H and O–H groups in total. The van der Waals surface area contributed by atoms with Gasteiger partial charge in [-0.1, -0.05) is 5.16 Å². The molecule has 1 atom stereocenters. The summed E-state index contributed by atoms with van der Waals surface area (Å²) in [6.07, 6.45) is -0.128. The maximum atomic E-state index is 12.1. The second-order valence-electron chi connectivity index (χ2n) is 4.61. The Morgan fingerprint density at radius 2 is 2.40 bits per heavy atom. The number of nitrogens with zero attached hydrogens (tertiary/aromatic N) is 2. The van der Waals surface area contributed by atoms with Gasteiger partial charge in [-0.25, -0.2) is 4.79 Å². The van der Waals surface area contributed by atoms with Gasteiger partial charge < -0.3 is 24.6 Å². The zero-order chi connectivity index (χ0) is 14.5. The molecule has 1 saturated heterocycles. The number of carbonyl (C=O) groups excluding carboxylic acids is 1. The number of aromatic nitrogens is 1. The summed E-state index contributed by atoms with van der Waals surface area (Å²) in [5.41, 5.74) is 0.624. The molecule has 110 valence electrons. The molecular weight excluding hydrogens is 266 g/mol. The Labute approximate surface area is 115 Å². The predicted octanol–water partition coefficient (Wildman–Crippen LogP) is 0.368. The van der Waals surface area contributed by atoms with Crippen LogP contribution < -0.4 is 5.32 Å². The molecule has 0 saturated carbocycles. The van der Waals surface area contributed by atoms with Crippen LogP contribution in [-0.4, -0.2) is 53.0 Å². The van der Waals surface area contributed by atoms with Crippen molar-refractivity contribution in [1.29, 1.82) is 0 Å². The van der Waals surface area contributed by atoms with Crippen LogP contribution in [0.3, 0.4) is 0 Å². The number of carboxylic acids is 1. The molecule has 0 radical (unpaired) electrons. The quantitative estimate of drug-likeness (QED) is 0.827. The molecule has 1 aliphatic rings. The van der Waals surface area contributed by atoms with E-state index in [9.17, 15) is 9.59 Å². The summed E-state index contributed by atoms with van der Waals surface area (Å²) >= 11 is 0. The number of rotatable bonds is 4. The van der Waals surface area contributed by atoms with E-state index >= 15 is 0 Å². The van der Waals surface area contributed by atoms with E-state index in [2.05, 4.69) is 10.5 Å². The highest BCUT2D eigenvalue weighted by Crippen LogP contribution is 2.11. The summed E-state index contributed by atoms with van der Waals surface area (Å²) in [6.45, 7) is 3.04. The highest BCUT2D eigenvalue weighted by Gasteiger charge is 2.29. The fraction of sp³-hybridized carbons (Fsp3) is 0.583. The number of ether oxygens (including phenoxy) is 1. The van der Waals surface area contributed by atoms with E-state index in [4.69, 9.17) is 14.4 Å². The van der Waals surface area contributed by atoms with Crippen LogP contribution in [0, 0.1) is 6.92 Å². The third-order valence-electron chi connectivity index (χ3n) is 3.00.